The molecule has 0 aliphatic carbocycles. The highest BCUT2D eigenvalue weighted by molar-refractivity contribution is 7.80. The molecule has 3 rings (SSSR count). The van der Waals surface area contributed by atoms with Crippen LogP contribution in [0.2, 0.25) is 0 Å². The Kier molecular flexibility index (Phi) is 5.41. The highest BCUT2D eigenvalue weighted by Gasteiger charge is 2.57. The predicted molar refractivity (Wildman–Crippen MR) is 99.2 cm³/mol. The number of carbonyl (C=O) groups is 1. The minimum absolute atomic E-state index is 0.269. The Morgan fingerprint density at radius 3 is 1.92 bits per heavy atom. The second-order valence-corrected chi connectivity index (χ2v) is 9.25. The van der Waals surface area contributed by atoms with Crippen molar-refractivity contribution in [2.24, 2.45) is 0 Å². The van der Waals surface area contributed by atoms with Gasteiger partial charge in [-0.15, -0.1) is 0 Å². The third-order valence-electron chi connectivity index (χ3n) is 4.82. The molecule has 132 valence electrons. The molecule has 0 spiro atoms. The van der Waals surface area contributed by atoms with Gasteiger partial charge in [0.2, 0.25) is 0 Å². The van der Waals surface area contributed by atoms with E-state index in [0.29, 0.717) is 36.7 Å². The van der Waals surface area contributed by atoms with E-state index in [1.54, 1.807) is 6.92 Å². The van der Waals surface area contributed by atoms with Crippen LogP contribution >= 0.6 is 7.14 Å². The first-order chi connectivity index (χ1) is 12.1. The normalized spacial score (nSPS) is 17.0. The van der Waals surface area contributed by atoms with Crippen LogP contribution < -0.4 is 10.6 Å². The molecule has 1 saturated heterocycles. The molecule has 0 saturated carbocycles. The smallest absolute Gasteiger partial charge is 0.320 e. The van der Waals surface area contributed by atoms with Crippen LogP contribution in [0.3, 0.4) is 0 Å². The molecule has 0 atom stereocenters. The topological polar surface area (TPSA) is 52.6 Å². The lowest BCUT2D eigenvalue weighted by Crippen LogP contribution is -2.49. The molecule has 4 nitrogen and oxygen atoms in total. The zero-order chi connectivity index (χ0) is 17.8. The van der Waals surface area contributed by atoms with Crippen LogP contribution in [0.25, 0.3) is 0 Å². The Balaban J connectivity index is 2.25. The first kappa shape index (κ1) is 17.9. The highest BCUT2D eigenvalue weighted by atomic mass is 31.2. The summed E-state index contributed by atoms with van der Waals surface area (Å²) in [6.45, 7) is 2.86. The molecule has 1 aliphatic rings. The maximum absolute atomic E-state index is 14.7. The van der Waals surface area contributed by atoms with E-state index in [2.05, 4.69) is 0 Å². The van der Waals surface area contributed by atoms with Crippen LogP contribution in [0.5, 0.6) is 0 Å². The molecule has 1 heterocycles. The van der Waals surface area contributed by atoms with Crippen LogP contribution in [-0.2, 0) is 18.8 Å². The molecule has 0 N–H and O–H groups in total. The van der Waals surface area contributed by atoms with Crippen molar-refractivity contribution < 1.29 is 18.8 Å². The standard InChI is InChI=1S/C20H23O4P/c1-2-24-19(21)20(13-15-23-16-14-20)25(22,17-9-5-3-6-10-17)18-11-7-4-8-12-18/h3-12H,2,13-16H2,1H3. The maximum Gasteiger partial charge on any atom is 0.320 e. The summed E-state index contributed by atoms with van der Waals surface area (Å²) in [7, 11) is -3.27. The van der Waals surface area contributed by atoms with E-state index < -0.39 is 12.3 Å². The Morgan fingerprint density at radius 2 is 1.48 bits per heavy atom. The molecular weight excluding hydrogens is 335 g/mol. The summed E-state index contributed by atoms with van der Waals surface area (Å²) < 4.78 is 25.6. The van der Waals surface area contributed by atoms with Gasteiger partial charge in [0.05, 0.1) is 6.61 Å². The summed E-state index contributed by atoms with van der Waals surface area (Å²) in [5.74, 6) is -0.380. The average molecular weight is 358 g/mol. The van der Waals surface area contributed by atoms with Crippen molar-refractivity contribution in [3.8, 4) is 0 Å². The van der Waals surface area contributed by atoms with Gasteiger partial charge in [-0.05, 0) is 19.8 Å². The first-order valence-electron chi connectivity index (χ1n) is 8.61. The lowest BCUT2D eigenvalue weighted by molar-refractivity contribution is -0.149. The van der Waals surface area contributed by atoms with Crippen molar-refractivity contribution in [2.45, 2.75) is 24.9 Å². The van der Waals surface area contributed by atoms with E-state index in [-0.39, 0.29) is 12.6 Å². The van der Waals surface area contributed by atoms with Gasteiger partial charge in [-0.3, -0.25) is 4.79 Å². The van der Waals surface area contributed by atoms with Gasteiger partial charge >= 0.3 is 5.97 Å². The predicted octanol–water partition coefficient (Wildman–Crippen LogP) is 3.11. The molecule has 0 amide bonds. The van der Waals surface area contributed by atoms with Gasteiger partial charge in [-0.2, -0.15) is 0 Å². The Morgan fingerprint density at radius 1 is 1.00 bits per heavy atom. The van der Waals surface area contributed by atoms with Gasteiger partial charge in [-0.1, -0.05) is 60.7 Å². The fraction of sp³-hybridized carbons (Fsp3) is 0.350. The van der Waals surface area contributed by atoms with Gasteiger partial charge in [0.1, 0.15) is 5.16 Å². The van der Waals surface area contributed by atoms with Crippen molar-refractivity contribution in [3.63, 3.8) is 0 Å². The molecule has 1 aliphatic heterocycles. The summed E-state index contributed by atoms with van der Waals surface area (Å²) in [5.41, 5.74) is 0. The van der Waals surface area contributed by atoms with Crippen LogP contribution in [-0.4, -0.2) is 30.9 Å². The average Bonchev–Trinajstić information content (AvgIpc) is 2.69. The number of hydrogen-bond acceptors (Lipinski definition) is 4. The van der Waals surface area contributed by atoms with Crippen LogP contribution in [0.4, 0.5) is 0 Å². The van der Waals surface area contributed by atoms with Crippen LogP contribution in [0, 0.1) is 0 Å². The monoisotopic (exact) mass is 358 g/mol. The molecule has 0 radical (unpaired) electrons. The zero-order valence-corrected chi connectivity index (χ0v) is 15.3. The van der Waals surface area contributed by atoms with E-state index in [0.717, 1.165) is 0 Å². The fourth-order valence-corrected chi connectivity index (χ4v) is 7.15. The number of carbonyl (C=O) groups excluding carboxylic acids is 1. The van der Waals surface area contributed by atoms with Gasteiger partial charge < -0.3 is 14.0 Å². The number of ether oxygens (including phenoxy) is 2. The van der Waals surface area contributed by atoms with Crippen molar-refractivity contribution >= 4 is 23.7 Å². The van der Waals surface area contributed by atoms with Gasteiger partial charge in [0, 0.05) is 23.8 Å². The molecule has 0 aromatic heterocycles. The van der Waals surface area contributed by atoms with E-state index in [9.17, 15) is 9.36 Å². The van der Waals surface area contributed by atoms with Crippen LogP contribution in [0.15, 0.2) is 60.7 Å². The van der Waals surface area contributed by atoms with E-state index in [1.165, 1.54) is 0 Å². The van der Waals surface area contributed by atoms with Crippen molar-refractivity contribution in [1.29, 1.82) is 0 Å². The summed E-state index contributed by atoms with van der Waals surface area (Å²) in [6.07, 6.45) is 0.791. The molecule has 5 heteroatoms. The third-order valence-corrected chi connectivity index (χ3v) is 8.70. The summed E-state index contributed by atoms with van der Waals surface area (Å²) in [4.78, 5) is 13.1. The Labute approximate surface area is 148 Å². The number of esters is 1. The molecule has 0 bridgehead atoms. The SMILES string of the molecule is CCOC(=O)C1(P(=O)(c2ccccc2)c2ccccc2)CCOCC1. The Bertz CT molecular complexity index is 708. The number of rotatable bonds is 5. The van der Waals surface area contributed by atoms with Gasteiger partial charge in [-0.25, -0.2) is 0 Å². The molecule has 0 unspecified atom stereocenters. The van der Waals surface area contributed by atoms with Crippen molar-refractivity contribution in [3.05, 3.63) is 60.7 Å². The molecule has 2 aromatic rings. The highest BCUT2D eigenvalue weighted by Crippen LogP contribution is 2.60. The van der Waals surface area contributed by atoms with E-state index in [4.69, 9.17) is 9.47 Å². The summed E-state index contributed by atoms with van der Waals surface area (Å²) in [6, 6.07) is 18.6. The Hall–Kier alpha value is -1.90. The molecular formula is C20H23O4P. The molecule has 2 aromatic carbocycles. The maximum atomic E-state index is 14.7. The van der Waals surface area contributed by atoms with Gasteiger partial charge in [0.15, 0.2) is 7.14 Å². The lowest BCUT2D eigenvalue weighted by Gasteiger charge is -2.41. The molecule has 25 heavy (non-hydrogen) atoms. The fourth-order valence-electron chi connectivity index (χ4n) is 3.54. The summed E-state index contributed by atoms with van der Waals surface area (Å²) in [5, 5.41) is 0.302. The lowest BCUT2D eigenvalue weighted by atomic mass is 9.99. The minimum atomic E-state index is -3.27. The van der Waals surface area contributed by atoms with Gasteiger partial charge in [0.25, 0.3) is 0 Å². The minimum Gasteiger partial charge on any atom is -0.465 e. The quantitative estimate of drug-likeness (QED) is 0.609. The van der Waals surface area contributed by atoms with E-state index in [1.807, 2.05) is 60.7 Å². The van der Waals surface area contributed by atoms with Crippen LogP contribution in [0.1, 0.15) is 19.8 Å². The summed E-state index contributed by atoms with van der Waals surface area (Å²) >= 11 is 0. The van der Waals surface area contributed by atoms with Crippen molar-refractivity contribution in [1.82, 2.24) is 0 Å². The molecule has 1 fully saturated rings. The third kappa shape index (κ3) is 3.05. The number of hydrogen-bond donors (Lipinski definition) is 0. The zero-order valence-electron chi connectivity index (χ0n) is 14.4. The van der Waals surface area contributed by atoms with Crippen molar-refractivity contribution in [2.75, 3.05) is 19.8 Å². The number of benzene rings is 2. The van der Waals surface area contributed by atoms with E-state index >= 15 is 0 Å². The first-order valence-corrected chi connectivity index (χ1v) is 10.3. The second kappa shape index (κ2) is 7.55. The largest absolute Gasteiger partial charge is 0.465 e. The second-order valence-electron chi connectivity index (χ2n) is 6.14.